The minimum absolute atomic E-state index is 0.263. The van der Waals surface area contributed by atoms with Crippen LogP contribution in [0.3, 0.4) is 0 Å². The summed E-state index contributed by atoms with van der Waals surface area (Å²) in [5.74, 6) is 0.263. The Balaban J connectivity index is 1.58. The molecule has 3 rings (SSSR count). The summed E-state index contributed by atoms with van der Waals surface area (Å²) in [5.41, 5.74) is 2.10. The van der Waals surface area contributed by atoms with Crippen molar-refractivity contribution < 1.29 is 5.11 Å². The minimum atomic E-state index is 0.263. The molecule has 1 fully saturated rings. The Morgan fingerprint density at radius 3 is 2.23 bits per heavy atom. The van der Waals surface area contributed by atoms with Gasteiger partial charge in [-0.2, -0.15) is 0 Å². The van der Waals surface area contributed by atoms with Crippen molar-refractivity contribution in [2.45, 2.75) is 6.54 Å². The van der Waals surface area contributed by atoms with Gasteiger partial charge in [0.2, 0.25) is 0 Å². The van der Waals surface area contributed by atoms with Gasteiger partial charge in [-0.1, -0.05) is 54.7 Å². The average molecular weight is 312 g/mol. The van der Waals surface area contributed by atoms with Crippen LogP contribution in [-0.2, 0) is 6.54 Å². The summed E-state index contributed by atoms with van der Waals surface area (Å²) in [5, 5.41) is 9.93. The second-order valence-electron chi connectivity index (χ2n) is 5.57. The standard InChI is InChI=1S/C18H20N2OS/c21-17-9-5-4-8-16(17)18(22)20-12-10-19(11-13-20)14-15-6-2-1-3-7-15/h1-9,21H,10-14H2. The first kappa shape index (κ1) is 15.0. The van der Waals surface area contributed by atoms with Crippen molar-refractivity contribution in [3.63, 3.8) is 0 Å². The Hall–Kier alpha value is -1.91. The SMILES string of the molecule is Oc1ccccc1C(=S)N1CCN(Cc2ccccc2)CC1. The first-order valence-electron chi connectivity index (χ1n) is 7.57. The number of para-hydroxylation sites is 1. The summed E-state index contributed by atoms with van der Waals surface area (Å²) in [4.78, 5) is 5.38. The first-order valence-corrected chi connectivity index (χ1v) is 7.98. The van der Waals surface area contributed by atoms with E-state index in [9.17, 15) is 5.11 Å². The average Bonchev–Trinajstić information content (AvgIpc) is 2.56. The van der Waals surface area contributed by atoms with Gasteiger partial charge in [-0.05, 0) is 17.7 Å². The molecule has 1 saturated heterocycles. The van der Waals surface area contributed by atoms with Gasteiger partial charge < -0.3 is 10.0 Å². The number of nitrogens with zero attached hydrogens (tertiary/aromatic N) is 2. The Morgan fingerprint density at radius 1 is 0.909 bits per heavy atom. The van der Waals surface area contributed by atoms with Gasteiger partial charge in [0, 0.05) is 32.7 Å². The smallest absolute Gasteiger partial charge is 0.125 e. The van der Waals surface area contributed by atoms with Crippen LogP contribution in [0.4, 0.5) is 0 Å². The van der Waals surface area contributed by atoms with Gasteiger partial charge in [-0.15, -0.1) is 0 Å². The minimum Gasteiger partial charge on any atom is -0.507 e. The van der Waals surface area contributed by atoms with E-state index in [1.54, 1.807) is 6.07 Å². The second-order valence-corrected chi connectivity index (χ2v) is 5.96. The van der Waals surface area contributed by atoms with Gasteiger partial charge >= 0.3 is 0 Å². The summed E-state index contributed by atoms with van der Waals surface area (Å²) in [6.07, 6.45) is 0. The summed E-state index contributed by atoms with van der Waals surface area (Å²) >= 11 is 5.54. The topological polar surface area (TPSA) is 26.7 Å². The molecular formula is C18H20N2OS. The third-order valence-electron chi connectivity index (χ3n) is 4.04. The van der Waals surface area contributed by atoms with E-state index in [4.69, 9.17) is 12.2 Å². The number of hydrogen-bond acceptors (Lipinski definition) is 3. The maximum absolute atomic E-state index is 9.93. The summed E-state index contributed by atoms with van der Waals surface area (Å²) < 4.78 is 0. The van der Waals surface area contributed by atoms with E-state index in [0.717, 1.165) is 43.3 Å². The van der Waals surface area contributed by atoms with Crippen LogP contribution in [0.25, 0.3) is 0 Å². The molecule has 1 aliphatic rings. The maximum atomic E-state index is 9.93. The van der Waals surface area contributed by atoms with E-state index < -0.39 is 0 Å². The van der Waals surface area contributed by atoms with Gasteiger partial charge in [-0.25, -0.2) is 0 Å². The molecule has 1 aliphatic heterocycles. The third kappa shape index (κ3) is 3.46. The predicted molar refractivity (Wildman–Crippen MR) is 93.1 cm³/mol. The number of piperazine rings is 1. The molecule has 0 radical (unpaired) electrons. The molecule has 2 aromatic carbocycles. The lowest BCUT2D eigenvalue weighted by Crippen LogP contribution is -2.48. The molecule has 0 aromatic heterocycles. The van der Waals surface area contributed by atoms with Crippen LogP contribution in [0, 0.1) is 0 Å². The van der Waals surface area contributed by atoms with Gasteiger partial charge in [-0.3, -0.25) is 4.90 Å². The van der Waals surface area contributed by atoms with E-state index >= 15 is 0 Å². The number of aromatic hydroxyl groups is 1. The van der Waals surface area contributed by atoms with Gasteiger partial charge in [0.05, 0.1) is 5.56 Å². The predicted octanol–water partition coefficient (Wildman–Crippen LogP) is 2.89. The number of hydrogen-bond donors (Lipinski definition) is 1. The fourth-order valence-corrected chi connectivity index (χ4v) is 3.13. The lowest BCUT2D eigenvalue weighted by atomic mass is 10.1. The van der Waals surface area contributed by atoms with Crippen molar-refractivity contribution in [2.75, 3.05) is 26.2 Å². The van der Waals surface area contributed by atoms with Crippen LogP contribution < -0.4 is 0 Å². The molecule has 1 N–H and O–H groups in total. The number of phenols is 1. The number of thiocarbonyl (C=S) groups is 1. The molecule has 0 spiro atoms. The number of rotatable bonds is 3. The zero-order chi connectivity index (χ0) is 15.4. The summed E-state index contributed by atoms with van der Waals surface area (Å²) in [7, 11) is 0. The van der Waals surface area contributed by atoms with Crippen LogP contribution in [0.1, 0.15) is 11.1 Å². The molecule has 0 bridgehead atoms. The molecule has 114 valence electrons. The second kappa shape index (κ2) is 6.90. The van der Waals surface area contributed by atoms with Gasteiger partial charge in [0.25, 0.3) is 0 Å². The first-order chi connectivity index (χ1) is 10.7. The highest BCUT2D eigenvalue weighted by Gasteiger charge is 2.21. The fraction of sp³-hybridized carbons (Fsp3) is 0.278. The Labute approximate surface area is 136 Å². The molecule has 2 aromatic rings. The van der Waals surface area contributed by atoms with Gasteiger partial charge in [0.1, 0.15) is 10.7 Å². The zero-order valence-corrected chi connectivity index (χ0v) is 13.3. The maximum Gasteiger partial charge on any atom is 0.125 e. The highest BCUT2D eigenvalue weighted by atomic mass is 32.1. The van der Waals surface area contributed by atoms with Crippen molar-refractivity contribution in [1.29, 1.82) is 0 Å². The molecule has 22 heavy (non-hydrogen) atoms. The van der Waals surface area contributed by atoms with E-state index in [-0.39, 0.29) is 5.75 Å². The number of benzene rings is 2. The molecule has 3 nitrogen and oxygen atoms in total. The van der Waals surface area contributed by atoms with Gasteiger partial charge in [0.15, 0.2) is 0 Å². The molecule has 0 aliphatic carbocycles. The van der Waals surface area contributed by atoms with Crippen molar-refractivity contribution >= 4 is 17.2 Å². The molecule has 0 amide bonds. The largest absolute Gasteiger partial charge is 0.507 e. The molecule has 4 heteroatoms. The van der Waals surface area contributed by atoms with Crippen molar-refractivity contribution in [3.8, 4) is 5.75 Å². The fourth-order valence-electron chi connectivity index (χ4n) is 2.78. The summed E-state index contributed by atoms with van der Waals surface area (Å²) in [6.45, 7) is 4.77. The van der Waals surface area contributed by atoms with Crippen LogP contribution in [0.2, 0.25) is 0 Å². The zero-order valence-electron chi connectivity index (χ0n) is 12.5. The monoisotopic (exact) mass is 312 g/mol. The Kier molecular flexibility index (Phi) is 4.71. The van der Waals surface area contributed by atoms with Crippen LogP contribution in [0.15, 0.2) is 54.6 Å². The van der Waals surface area contributed by atoms with E-state index in [2.05, 4.69) is 34.1 Å². The molecule has 0 atom stereocenters. The quantitative estimate of drug-likeness (QED) is 0.882. The van der Waals surface area contributed by atoms with Crippen molar-refractivity contribution in [3.05, 3.63) is 65.7 Å². The van der Waals surface area contributed by atoms with Crippen molar-refractivity contribution in [1.82, 2.24) is 9.80 Å². The highest BCUT2D eigenvalue weighted by Crippen LogP contribution is 2.20. The van der Waals surface area contributed by atoms with Crippen LogP contribution in [0.5, 0.6) is 5.75 Å². The third-order valence-corrected chi connectivity index (χ3v) is 4.52. The number of phenolic OH excluding ortho intramolecular Hbond substituents is 1. The molecule has 1 heterocycles. The normalized spacial score (nSPS) is 15.7. The van der Waals surface area contributed by atoms with E-state index in [1.165, 1.54) is 5.56 Å². The molecular weight excluding hydrogens is 292 g/mol. The molecule has 0 saturated carbocycles. The van der Waals surface area contributed by atoms with Crippen LogP contribution >= 0.6 is 12.2 Å². The van der Waals surface area contributed by atoms with Crippen LogP contribution in [-0.4, -0.2) is 46.1 Å². The van der Waals surface area contributed by atoms with E-state index in [0.29, 0.717) is 0 Å². The molecule has 0 unspecified atom stereocenters. The lowest BCUT2D eigenvalue weighted by Gasteiger charge is -2.36. The Bertz CT molecular complexity index is 637. The lowest BCUT2D eigenvalue weighted by molar-refractivity contribution is 0.177. The van der Waals surface area contributed by atoms with Crippen molar-refractivity contribution in [2.24, 2.45) is 0 Å². The Morgan fingerprint density at radius 2 is 1.55 bits per heavy atom. The van der Waals surface area contributed by atoms with E-state index in [1.807, 2.05) is 24.3 Å². The summed E-state index contributed by atoms with van der Waals surface area (Å²) in [6, 6.07) is 17.8. The highest BCUT2D eigenvalue weighted by molar-refractivity contribution is 7.80.